The molecule has 7 heteroatoms. The van der Waals surface area contributed by atoms with Crippen LogP contribution in [0.1, 0.15) is 10.4 Å². The number of hydrogen-bond donors (Lipinski definition) is 2. The van der Waals surface area contributed by atoms with E-state index >= 15 is 0 Å². The fourth-order valence-corrected chi connectivity index (χ4v) is 2.88. The van der Waals surface area contributed by atoms with E-state index in [1.54, 1.807) is 28.8 Å². The van der Waals surface area contributed by atoms with Gasteiger partial charge in [0.2, 0.25) is 11.9 Å². The molecule has 0 bridgehead atoms. The smallest absolute Gasteiger partial charge is 0.248 e. The van der Waals surface area contributed by atoms with Gasteiger partial charge in [0.25, 0.3) is 0 Å². The van der Waals surface area contributed by atoms with Crippen molar-refractivity contribution in [3.8, 4) is 11.1 Å². The number of nitrogens with two attached hydrogens (primary N) is 1. The van der Waals surface area contributed by atoms with Crippen LogP contribution in [0.2, 0.25) is 5.02 Å². The van der Waals surface area contributed by atoms with Gasteiger partial charge in [-0.3, -0.25) is 4.79 Å². The summed E-state index contributed by atoms with van der Waals surface area (Å²) < 4.78 is 1.70. The number of fused-ring (bicyclic) bond motifs is 1. The van der Waals surface area contributed by atoms with E-state index in [-0.39, 0.29) is 0 Å². The maximum Gasteiger partial charge on any atom is 0.248 e. The average Bonchev–Trinajstić information content (AvgIpc) is 3.04. The van der Waals surface area contributed by atoms with Gasteiger partial charge in [-0.1, -0.05) is 23.7 Å². The Morgan fingerprint density at radius 1 is 1.08 bits per heavy atom. The Morgan fingerprint density at radius 2 is 1.88 bits per heavy atom. The van der Waals surface area contributed by atoms with Crippen molar-refractivity contribution in [2.45, 2.75) is 0 Å². The molecule has 2 aromatic carbocycles. The molecule has 0 aliphatic rings. The highest BCUT2D eigenvalue weighted by Crippen LogP contribution is 2.27. The van der Waals surface area contributed by atoms with Crippen LogP contribution in [0.15, 0.2) is 66.9 Å². The zero-order valence-electron chi connectivity index (χ0n) is 13.6. The summed E-state index contributed by atoms with van der Waals surface area (Å²) in [5.74, 6) is -0.0140. The zero-order valence-corrected chi connectivity index (χ0v) is 14.3. The van der Waals surface area contributed by atoms with Gasteiger partial charge in [-0.2, -0.15) is 4.98 Å². The van der Waals surface area contributed by atoms with E-state index in [2.05, 4.69) is 15.4 Å². The SMILES string of the molecule is NC(=O)c1ccc(Nc2nc3c(-c4cccc(Cl)c4)cccn3n2)cc1. The molecule has 0 aliphatic heterocycles. The summed E-state index contributed by atoms with van der Waals surface area (Å²) in [6.45, 7) is 0. The quantitative estimate of drug-likeness (QED) is 0.576. The van der Waals surface area contributed by atoms with Crippen LogP contribution in [0, 0.1) is 0 Å². The Labute approximate surface area is 154 Å². The summed E-state index contributed by atoms with van der Waals surface area (Å²) in [7, 11) is 0. The van der Waals surface area contributed by atoms with Gasteiger partial charge in [-0.05, 0) is 54.1 Å². The molecule has 0 radical (unpaired) electrons. The molecule has 0 unspecified atom stereocenters. The molecule has 0 saturated heterocycles. The Bertz CT molecular complexity index is 1100. The van der Waals surface area contributed by atoms with Gasteiger partial charge < -0.3 is 11.1 Å². The lowest BCUT2D eigenvalue weighted by Gasteiger charge is -2.03. The van der Waals surface area contributed by atoms with E-state index in [0.29, 0.717) is 22.2 Å². The topological polar surface area (TPSA) is 85.3 Å². The van der Waals surface area contributed by atoms with Crippen LogP contribution in [-0.2, 0) is 0 Å². The van der Waals surface area contributed by atoms with Crippen molar-refractivity contribution < 1.29 is 4.79 Å². The summed E-state index contributed by atoms with van der Waals surface area (Å²) in [4.78, 5) is 15.7. The van der Waals surface area contributed by atoms with Crippen molar-refractivity contribution in [2.24, 2.45) is 5.73 Å². The van der Waals surface area contributed by atoms with Gasteiger partial charge in [0, 0.05) is 28.0 Å². The maximum atomic E-state index is 11.1. The number of anilines is 2. The van der Waals surface area contributed by atoms with Gasteiger partial charge in [0.1, 0.15) is 0 Å². The number of hydrogen-bond acceptors (Lipinski definition) is 4. The van der Waals surface area contributed by atoms with Crippen molar-refractivity contribution in [3.05, 3.63) is 77.4 Å². The summed E-state index contributed by atoms with van der Waals surface area (Å²) in [5, 5.41) is 8.24. The minimum Gasteiger partial charge on any atom is -0.366 e. The number of benzene rings is 2. The summed E-state index contributed by atoms with van der Waals surface area (Å²) in [5.41, 5.74) is 9.07. The third-order valence-electron chi connectivity index (χ3n) is 3.92. The van der Waals surface area contributed by atoms with Crippen molar-refractivity contribution in [1.29, 1.82) is 0 Å². The van der Waals surface area contributed by atoms with E-state index < -0.39 is 5.91 Å². The number of amides is 1. The van der Waals surface area contributed by atoms with Crippen LogP contribution in [0.5, 0.6) is 0 Å². The minimum atomic E-state index is -0.464. The molecule has 3 N–H and O–H groups in total. The van der Waals surface area contributed by atoms with E-state index in [9.17, 15) is 4.79 Å². The first kappa shape index (κ1) is 16.1. The van der Waals surface area contributed by atoms with Crippen molar-refractivity contribution in [3.63, 3.8) is 0 Å². The molecule has 0 spiro atoms. The van der Waals surface area contributed by atoms with Crippen LogP contribution in [0.25, 0.3) is 16.8 Å². The van der Waals surface area contributed by atoms with Gasteiger partial charge in [-0.25, -0.2) is 4.52 Å². The van der Waals surface area contributed by atoms with Crippen LogP contribution >= 0.6 is 11.6 Å². The second-order valence-electron chi connectivity index (χ2n) is 5.70. The maximum absolute atomic E-state index is 11.1. The van der Waals surface area contributed by atoms with Gasteiger partial charge in [0.05, 0.1) is 0 Å². The molecule has 0 fully saturated rings. The Balaban J connectivity index is 1.69. The van der Waals surface area contributed by atoms with E-state index in [0.717, 1.165) is 16.8 Å². The zero-order chi connectivity index (χ0) is 18.1. The lowest BCUT2D eigenvalue weighted by atomic mass is 10.1. The second kappa shape index (κ2) is 6.50. The predicted octanol–water partition coefficient (Wildman–Crippen LogP) is 3.89. The van der Waals surface area contributed by atoms with Crippen LogP contribution in [-0.4, -0.2) is 20.5 Å². The molecule has 2 heterocycles. The Hall–Kier alpha value is -3.38. The molecule has 6 nitrogen and oxygen atoms in total. The third-order valence-corrected chi connectivity index (χ3v) is 4.16. The molecule has 4 aromatic rings. The first-order valence-electron chi connectivity index (χ1n) is 7.88. The van der Waals surface area contributed by atoms with Gasteiger partial charge in [0.15, 0.2) is 5.65 Å². The number of rotatable bonds is 4. The second-order valence-corrected chi connectivity index (χ2v) is 6.14. The minimum absolute atomic E-state index is 0.446. The predicted molar refractivity (Wildman–Crippen MR) is 102 cm³/mol. The molecule has 0 saturated carbocycles. The molecule has 0 aliphatic carbocycles. The van der Waals surface area contributed by atoms with Crippen LogP contribution in [0.3, 0.4) is 0 Å². The summed E-state index contributed by atoms with van der Waals surface area (Å²) in [6, 6.07) is 18.3. The number of aromatic nitrogens is 3. The molecule has 2 aromatic heterocycles. The first-order valence-corrected chi connectivity index (χ1v) is 8.26. The Morgan fingerprint density at radius 3 is 2.62 bits per heavy atom. The highest BCUT2D eigenvalue weighted by Gasteiger charge is 2.10. The summed E-state index contributed by atoms with van der Waals surface area (Å²) >= 11 is 6.11. The standard InChI is InChI=1S/C19H14ClN5O/c20-14-4-1-3-13(11-14)16-5-2-10-25-18(16)23-19(24-25)22-15-8-6-12(7-9-15)17(21)26/h1-11H,(H2,21,26)(H,22,24). The number of primary amides is 1. The average molecular weight is 364 g/mol. The van der Waals surface area contributed by atoms with Crippen LogP contribution < -0.4 is 11.1 Å². The fourth-order valence-electron chi connectivity index (χ4n) is 2.69. The molecular formula is C19H14ClN5O. The number of pyridine rings is 1. The number of carbonyl (C=O) groups excluding carboxylic acids is 1. The fraction of sp³-hybridized carbons (Fsp3) is 0. The van der Waals surface area contributed by atoms with Crippen molar-refractivity contribution in [1.82, 2.24) is 14.6 Å². The summed E-state index contributed by atoms with van der Waals surface area (Å²) in [6.07, 6.45) is 1.83. The van der Waals surface area contributed by atoms with Gasteiger partial charge >= 0.3 is 0 Å². The number of halogens is 1. The number of carbonyl (C=O) groups is 1. The van der Waals surface area contributed by atoms with Crippen LogP contribution in [0.4, 0.5) is 11.6 Å². The first-order chi connectivity index (χ1) is 12.6. The molecule has 128 valence electrons. The number of nitrogens with zero attached hydrogens (tertiary/aromatic N) is 3. The van der Waals surface area contributed by atoms with Crippen molar-refractivity contribution >= 4 is 34.8 Å². The molecular weight excluding hydrogens is 350 g/mol. The molecule has 1 amide bonds. The molecule has 0 atom stereocenters. The number of nitrogens with one attached hydrogen (secondary N) is 1. The van der Waals surface area contributed by atoms with Gasteiger partial charge in [-0.15, -0.1) is 5.10 Å². The van der Waals surface area contributed by atoms with E-state index in [1.165, 1.54) is 0 Å². The lowest BCUT2D eigenvalue weighted by molar-refractivity contribution is 0.100. The van der Waals surface area contributed by atoms with Crippen molar-refractivity contribution in [2.75, 3.05) is 5.32 Å². The monoisotopic (exact) mass is 363 g/mol. The Kier molecular flexibility index (Phi) is 4.02. The molecule has 26 heavy (non-hydrogen) atoms. The molecule has 4 rings (SSSR count). The largest absolute Gasteiger partial charge is 0.366 e. The normalized spacial score (nSPS) is 10.8. The highest BCUT2D eigenvalue weighted by atomic mass is 35.5. The highest BCUT2D eigenvalue weighted by molar-refractivity contribution is 6.30. The van der Waals surface area contributed by atoms with E-state index in [4.69, 9.17) is 17.3 Å². The third kappa shape index (κ3) is 3.10. The van der Waals surface area contributed by atoms with E-state index in [1.807, 2.05) is 42.6 Å². The lowest BCUT2D eigenvalue weighted by Crippen LogP contribution is -2.10.